The number of carbonyl (C=O) groups excluding carboxylic acids is 2. The first kappa shape index (κ1) is 54.3. The minimum Gasteiger partial charge on any atom is -0.463 e. The fourth-order valence-electron chi connectivity index (χ4n) is 5.97. The Morgan fingerprint density at radius 3 is 1.44 bits per heavy atom. The smallest absolute Gasteiger partial charge is 0.305 e. The topological polar surface area (TPSA) is 80.2 Å². The summed E-state index contributed by atoms with van der Waals surface area (Å²) in [6, 6.07) is 0. The van der Waals surface area contributed by atoms with Crippen LogP contribution in [0.15, 0.2) is 151 Å². The molecule has 1 aliphatic rings. The van der Waals surface area contributed by atoms with Gasteiger partial charge in [0, 0.05) is 19.0 Å². The maximum Gasteiger partial charge on any atom is 0.305 e. The third kappa shape index (κ3) is 34.6. The Kier molecular flexibility index (Phi) is 36.2. The number of aliphatic imine (C=N–C) groups is 1. The number of esters is 1. The zero-order valence-electron chi connectivity index (χ0n) is 38.4. The third-order valence-electron chi connectivity index (χ3n) is 9.35. The molecule has 0 aromatic heterocycles. The van der Waals surface area contributed by atoms with Gasteiger partial charge < -0.3 is 19.7 Å². The van der Waals surface area contributed by atoms with E-state index in [9.17, 15) is 9.59 Å². The molecule has 0 fully saturated rings. The molecule has 1 rings (SSSR count). The number of rotatable bonds is 35. The number of ether oxygens (including phenoxy) is 2. The van der Waals surface area contributed by atoms with Crippen LogP contribution in [0.2, 0.25) is 0 Å². The number of carbonyl (C=O) groups is 2. The first-order valence-corrected chi connectivity index (χ1v) is 23.2. The SMILES string of the molecule is C=C1N=C(NC(=O)CCCCC/C=C\C/C=C\C/C=C\C/C=C\C/C=C\CC)C=CN1C(C)O[C@@H](C)COC(=O)CCCCC/C=C\C/C=C\C/C=C\C/C=C\C/C=C\CC. The van der Waals surface area contributed by atoms with Crippen molar-refractivity contribution in [2.75, 3.05) is 6.61 Å². The lowest BCUT2D eigenvalue weighted by Gasteiger charge is -2.31. The summed E-state index contributed by atoms with van der Waals surface area (Å²) in [4.78, 5) is 31.1. The minimum absolute atomic E-state index is 0.0513. The van der Waals surface area contributed by atoms with Gasteiger partial charge in [0.05, 0.1) is 6.10 Å². The van der Waals surface area contributed by atoms with Crippen LogP contribution in [-0.4, -0.2) is 41.6 Å². The molecule has 1 heterocycles. The molecule has 1 unspecified atom stereocenters. The van der Waals surface area contributed by atoms with Crippen molar-refractivity contribution in [3.8, 4) is 0 Å². The van der Waals surface area contributed by atoms with E-state index in [1.165, 1.54) is 0 Å². The second-order valence-corrected chi connectivity index (χ2v) is 15.0. The van der Waals surface area contributed by atoms with Crippen molar-refractivity contribution in [2.24, 2.45) is 4.99 Å². The van der Waals surface area contributed by atoms with Crippen molar-refractivity contribution < 1.29 is 19.1 Å². The molecule has 1 aliphatic heterocycles. The lowest BCUT2D eigenvalue weighted by Crippen LogP contribution is -2.38. The van der Waals surface area contributed by atoms with Crippen LogP contribution in [0.1, 0.15) is 156 Å². The van der Waals surface area contributed by atoms with Crippen LogP contribution in [-0.2, 0) is 19.1 Å². The molecule has 61 heavy (non-hydrogen) atoms. The van der Waals surface area contributed by atoms with Crippen LogP contribution in [0.5, 0.6) is 0 Å². The summed E-state index contributed by atoms with van der Waals surface area (Å²) in [5.74, 6) is 0.688. The first-order chi connectivity index (χ1) is 29.9. The van der Waals surface area contributed by atoms with E-state index < -0.39 is 0 Å². The molecular formula is C54H81N3O4. The Bertz CT molecular complexity index is 1530. The molecule has 1 N–H and O–H groups in total. The molecule has 0 spiro atoms. The lowest BCUT2D eigenvalue weighted by molar-refractivity contribution is -0.151. The van der Waals surface area contributed by atoms with Crippen LogP contribution in [0.3, 0.4) is 0 Å². The van der Waals surface area contributed by atoms with Crippen LogP contribution < -0.4 is 5.32 Å². The molecule has 336 valence electrons. The number of hydrogen-bond acceptors (Lipinski definition) is 6. The average Bonchev–Trinajstić information content (AvgIpc) is 3.24. The van der Waals surface area contributed by atoms with Gasteiger partial charge >= 0.3 is 5.97 Å². The molecule has 0 saturated carbocycles. The monoisotopic (exact) mass is 836 g/mol. The van der Waals surface area contributed by atoms with E-state index in [4.69, 9.17) is 9.47 Å². The number of allylic oxidation sites excluding steroid dienone is 20. The van der Waals surface area contributed by atoms with Crippen LogP contribution in [0.4, 0.5) is 0 Å². The summed E-state index contributed by atoms with van der Waals surface area (Å²) in [5, 5.41) is 2.89. The highest BCUT2D eigenvalue weighted by Gasteiger charge is 2.20. The zero-order chi connectivity index (χ0) is 44.3. The highest BCUT2D eigenvalue weighted by Crippen LogP contribution is 2.17. The first-order valence-electron chi connectivity index (χ1n) is 23.2. The summed E-state index contributed by atoms with van der Waals surface area (Å²) in [7, 11) is 0. The van der Waals surface area contributed by atoms with E-state index in [-0.39, 0.29) is 30.8 Å². The third-order valence-corrected chi connectivity index (χ3v) is 9.35. The molecule has 0 aromatic rings. The van der Waals surface area contributed by atoms with Gasteiger partial charge in [0.25, 0.3) is 0 Å². The van der Waals surface area contributed by atoms with Crippen LogP contribution in [0, 0.1) is 0 Å². The van der Waals surface area contributed by atoms with Crippen molar-refractivity contribution in [3.63, 3.8) is 0 Å². The van der Waals surface area contributed by atoms with Crippen molar-refractivity contribution in [1.82, 2.24) is 10.2 Å². The molecule has 0 bridgehead atoms. The number of nitrogens with one attached hydrogen (secondary N) is 1. The van der Waals surface area contributed by atoms with Gasteiger partial charge in [-0.1, -0.05) is 155 Å². The summed E-state index contributed by atoms with van der Waals surface area (Å²) in [5.41, 5.74) is 0. The Labute approximate surface area is 372 Å². The van der Waals surface area contributed by atoms with E-state index in [1.807, 2.05) is 13.8 Å². The fraction of sp³-hybridized carbons (Fsp3) is 0.500. The average molecular weight is 836 g/mol. The van der Waals surface area contributed by atoms with Crippen LogP contribution >= 0.6 is 0 Å². The molecule has 7 heteroatoms. The van der Waals surface area contributed by atoms with Crippen molar-refractivity contribution in [2.45, 2.75) is 168 Å². The summed E-state index contributed by atoms with van der Waals surface area (Å²) in [6.45, 7) is 12.3. The fourth-order valence-corrected chi connectivity index (χ4v) is 5.97. The van der Waals surface area contributed by atoms with E-state index >= 15 is 0 Å². The number of unbranched alkanes of at least 4 members (excludes halogenated alkanes) is 6. The lowest BCUT2D eigenvalue weighted by atomic mass is 10.1. The maximum atomic E-state index is 12.5. The van der Waals surface area contributed by atoms with Crippen molar-refractivity contribution >= 4 is 17.7 Å². The normalized spacial score (nSPS) is 15.0. The maximum absolute atomic E-state index is 12.5. The van der Waals surface area contributed by atoms with E-state index in [2.05, 4.69) is 152 Å². The van der Waals surface area contributed by atoms with Crippen molar-refractivity contribution in [3.05, 3.63) is 146 Å². The van der Waals surface area contributed by atoms with Gasteiger partial charge in [-0.3, -0.25) is 9.59 Å². The second kappa shape index (κ2) is 40.6. The quantitative estimate of drug-likeness (QED) is 0.0391. The van der Waals surface area contributed by atoms with E-state index in [0.29, 0.717) is 24.5 Å². The van der Waals surface area contributed by atoms with Gasteiger partial charge in [-0.2, -0.15) is 0 Å². The van der Waals surface area contributed by atoms with Crippen LogP contribution in [0.25, 0.3) is 0 Å². The summed E-state index contributed by atoms with van der Waals surface area (Å²) in [6.07, 6.45) is 65.8. The van der Waals surface area contributed by atoms with Gasteiger partial charge in [0.2, 0.25) is 5.91 Å². The number of amidine groups is 1. The van der Waals surface area contributed by atoms with Gasteiger partial charge in [0.15, 0.2) is 0 Å². The number of hydrogen-bond donors (Lipinski definition) is 1. The predicted molar refractivity (Wildman–Crippen MR) is 262 cm³/mol. The molecule has 0 aliphatic carbocycles. The predicted octanol–water partition coefficient (Wildman–Crippen LogP) is 14.5. The van der Waals surface area contributed by atoms with E-state index in [1.54, 1.807) is 17.2 Å². The minimum atomic E-state index is -0.377. The molecule has 2 atom stereocenters. The van der Waals surface area contributed by atoms with Gasteiger partial charge in [-0.15, -0.1) is 0 Å². The highest BCUT2D eigenvalue weighted by molar-refractivity contribution is 6.05. The second-order valence-electron chi connectivity index (χ2n) is 15.0. The molecular weight excluding hydrogens is 755 g/mol. The molecule has 0 saturated heterocycles. The standard InChI is InChI=1S/C54H81N3O4/c1-6-8-10-12-14-16-18-20-22-24-26-28-30-32-34-36-38-40-42-44-53(58)56-52-46-47-57(50(4)55-52)51(5)61-49(3)48-60-54(59)45-43-41-39-37-35-33-31-29-27-25-23-21-19-17-15-13-11-9-7-2/h8-11,14-17,20-23,26-29,32-35,46-47,49,51H,4,6-7,12-13,18-19,24-25,30-31,36-45,48H2,1-3,5H3,(H,55,56,58)/b10-8-,11-9-,16-14-,17-15-,22-20-,23-21-,28-26-,29-27-,34-32-,35-33-/t49-,51?/m0/s1. The highest BCUT2D eigenvalue weighted by atomic mass is 16.6. The number of amides is 1. The Balaban J connectivity index is 2.09. The van der Waals surface area contributed by atoms with Gasteiger partial charge in [-0.05, 0) is 123 Å². The summed E-state index contributed by atoms with van der Waals surface area (Å²) < 4.78 is 11.5. The van der Waals surface area contributed by atoms with Gasteiger partial charge in [-0.25, -0.2) is 4.99 Å². The molecule has 0 aromatic carbocycles. The Hall–Kier alpha value is -4.75. The molecule has 1 amide bonds. The van der Waals surface area contributed by atoms with E-state index in [0.717, 1.165) is 116 Å². The summed E-state index contributed by atoms with van der Waals surface area (Å²) >= 11 is 0. The van der Waals surface area contributed by atoms with Crippen molar-refractivity contribution in [1.29, 1.82) is 0 Å². The molecule has 7 nitrogen and oxygen atoms in total. The molecule has 0 radical (unpaired) electrons. The zero-order valence-corrected chi connectivity index (χ0v) is 38.4. The Morgan fingerprint density at radius 1 is 0.607 bits per heavy atom. The number of nitrogens with zero attached hydrogens (tertiary/aromatic N) is 2. The van der Waals surface area contributed by atoms with Gasteiger partial charge in [0.1, 0.15) is 24.5 Å². The largest absolute Gasteiger partial charge is 0.463 e. The Morgan fingerprint density at radius 2 is 1.02 bits per heavy atom.